The molecule has 1 heterocycles. The van der Waals surface area contributed by atoms with E-state index in [4.69, 9.17) is 4.84 Å². The van der Waals surface area contributed by atoms with Gasteiger partial charge < -0.3 is 5.32 Å². The van der Waals surface area contributed by atoms with Crippen LogP contribution in [0.25, 0.3) is 6.08 Å². The summed E-state index contributed by atoms with van der Waals surface area (Å²) >= 11 is 0. The fourth-order valence-corrected chi connectivity index (χ4v) is 2.94. The van der Waals surface area contributed by atoms with Crippen molar-refractivity contribution in [1.29, 1.82) is 0 Å². The highest BCUT2D eigenvalue weighted by Gasteiger charge is 2.11. The molecule has 0 unspecified atom stereocenters. The van der Waals surface area contributed by atoms with Gasteiger partial charge in [0, 0.05) is 24.6 Å². The highest BCUT2D eigenvalue weighted by atomic mass is 16.6. The highest BCUT2D eigenvalue weighted by Crippen LogP contribution is 2.20. The third-order valence-corrected chi connectivity index (χ3v) is 4.61. The van der Waals surface area contributed by atoms with Crippen molar-refractivity contribution in [3.63, 3.8) is 0 Å². The molecule has 0 bridgehead atoms. The fourth-order valence-electron chi connectivity index (χ4n) is 2.94. The maximum Gasteiger partial charge on any atom is 0.276 e. The quantitative estimate of drug-likeness (QED) is 0.469. The molecule has 0 aliphatic rings. The van der Waals surface area contributed by atoms with Gasteiger partial charge in [0.2, 0.25) is 0 Å². The molecule has 2 N–H and O–H groups in total. The highest BCUT2D eigenvalue weighted by molar-refractivity contribution is 5.99. The molecule has 5 nitrogen and oxygen atoms in total. The second-order valence-corrected chi connectivity index (χ2v) is 8.37. The third-order valence-electron chi connectivity index (χ3n) is 4.61. The molecule has 0 saturated heterocycles. The lowest BCUT2D eigenvalue weighted by Gasteiger charge is -2.14. The van der Waals surface area contributed by atoms with E-state index in [1.54, 1.807) is 18.5 Å². The normalized spacial score (nSPS) is 11.5. The first-order valence-corrected chi connectivity index (χ1v) is 10.3. The second kappa shape index (κ2) is 10.5. The average Bonchev–Trinajstić information content (AvgIpc) is 2.77. The van der Waals surface area contributed by atoms with E-state index in [0.29, 0.717) is 12.1 Å². The predicted molar refractivity (Wildman–Crippen MR) is 125 cm³/mol. The summed E-state index contributed by atoms with van der Waals surface area (Å²) < 4.78 is 0. The zero-order valence-corrected chi connectivity index (χ0v) is 18.3. The molecule has 0 atom stereocenters. The van der Waals surface area contributed by atoms with E-state index in [1.807, 2.05) is 54.6 Å². The Morgan fingerprint density at radius 2 is 1.71 bits per heavy atom. The summed E-state index contributed by atoms with van der Waals surface area (Å²) in [5.74, 6) is -0.291. The molecule has 3 rings (SSSR count). The number of nitrogens with one attached hydrogen (secondary N) is 2. The standard InChI is InChI=1S/C26H29N3O2/c1-26(2,3)15-12-21-8-4-5-9-22(21)19-31-29-25(30)23-10-6-7-11-24(23)28-18-20-13-16-27-17-14-20/h4-17,28H,18-19H2,1-3H3,(H,29,30). The van der Waals surface area contributed by atoms with Crippen LogP contribution in [0.5, 0.6) is 0 Å². The van der Waals surface area contributed by atoms with Crippen LogP contribution in [0, 0.1) is 5.41 Å². The minimum absolute atomic E-state index is 0.0924. The van der Waals surface area contributed by atoms with Gasteiger partial charge in [-0.15, -0.1) is 0 Å². The summed E-state index contributed by atoms with van der Waals surface area (Å²) in [4.78, 5) is 22.3. The first kappa shape index (κ1) is 22.2. The van der Waals surface area contributed by atoms with Gasteiger partial charge in [-0.2, -0.15) is 0 Å². The number of rotatable bonds is 8. The number of carbonyl (C=O) groups is 1. The van der Waals surface area contributed by atoms with Gasteiger partial charge in [0.1, 0.15) is 6.61 Å². The first-order chi connectivity index (χ1) is 14.9. The minimum atomic E-state index is -0.291. The van der Waals surface area contributed by atoms with Gasteiger partial charge in [0.25, 0.3) is 5.91 Å². The van der Waals surface area contributed by atoms with Crippen LogP contribution in [0.2, 0.25) is 0 Å². The number of anilines is 1. The van der Waals surface area contributed by atoms with E-state index in [9.17, 15) is 4.79 Å². The van der Waals surface area contributed by atoms with E-state index in [2.05, 4.69) is 48.7 Å². The molecule has 1 aromatic heterocycles. The van der Waals surface area contributed by atoms with Crippen LogP contribution >= 0.6 is 0 Å². The Hall–Kier alpha value is -3.44. The van der Waals surface area contributed by atoms with E-state index >= 15 is 0 Å². The van der Waals surface area contributed by atoms with Crippen LogP contribution in [0.3, 0.4) is 0 Å². The minimum Gasteiger partial charge on any atom is -0.380 e. The van der Waals surface area contributed by atoms with Crippen LogP contribution in [-0.4, -0.2) is 10.9 Å². The Morgan fingerprint density at radius 3 is 2.48 bits per heavy atom. The Morgan fingerprint density at radius 1 is 1.00 bits per heavy atom. The number of para-hydroxylation sites is 1. The molecule has 1 amide bonds. The van der Waals surface area contributed by atoms with Gasteiger partial charge in [-0.05, 0) is 46.4 Å². The number of benzene rings is 2. The van der Waals surface area contributed by atoms with Gasteiger partial charge in [-0.3, -0.25) is 14.6 Å². The molecule has 0 aliphatic carbocycles. The van der Waals surface area contributed by atoms with Gasteiger partial charge in [-0.25, -0.2) is 5.48 Å². The van der Waals surface area contributed by atoms with Crippen LogP contribution < -0.4 is 10.8 Å². The number of nitrogens with zero attached hydrogens (tertiary/aromatic N) is 1. The summed E-state index contributed by atoms with van der Waals surface area (Å²) in [6.45, 7) is 7.35. The van der Waals surface area contributed by atoms with Crippen molar-refractivity contribution < 1.29 is 9.63 Å². The Balaban J connectivity index is 1.60. The van der Waals surface area contributed by atoms with Crippen LogP contribution in [0.15, 0.2) is 79.1 Å². The zero-order chi connectivity index (χ0) is 22.1. The van der Waals surface area contributed by atoms with Crippen molar-refractivity contribution in [3.05, 3.63) is 101 Å². The molecule has 0 fully saturated rings. The number of hydroxylamine groups is 1. The molecular formula is C26H29N3O2. The largest absolute Gasteiger partial charge is 0.380 e. The topological polar surface area (TPSA) is 63.2 Å². The average molecular weight is 416 g/mol. The lowest BCUT2D eigenvalue weighted by Crippen LogP contribution is -2.24. The van der Waals surface area contributed by atoms with Crippen molar-refractivity contribution >= 4 is 17.7 Å². The molecule has 31 heavy (non-hydrogen) atoms. The van der Waals surface area contributed by atoms with E-state index in [-0.39, 0.29) is 17.9 Å². The van der Waals surface area contributed by atoms with Crippen molar-refractivity contribution in [3.8, 4) is 0 Å². The third kappa shape index (κ3) is 7.08. The maximum atomic E-state index is 12.7. The number of hydrogen-bond acceptors (Lipinski definition) is 4. The summed E-state index contributed by atoms with van der Waals surface area (Å²) in [5, 5.41) is 3.31. The van der Waals surface area contributed by atoms with Gasteiger partial charge in [0.05, 0.1) is 5.56 Å². The number of allylic oxidation sites excluding steroid dienone is 1. The Kier molecular flexibility index (Phi) is 7.57. The molecule has 3 aromatic rings. The predicted octanol–water partition coefficient (Wildman–Crippen LogP) is 5.61. The second-order valence-electron chi connectivity index (χ2n) is 8.37. The summed E-state index contributed by atoms with van der Waals surface area (Å²) in [5.41, 5.74) is 7.10. The molecular weight excluding hydrogens is 386 g/mol. The molecule has 2 aromatic carbocycles. The Bertz CT molecular complexity index is 1020. The zero-order valence-electron chi connectivity index (χ0n) is 18.3. The van der Waals surface area contributed by atoms with Crippen LogP contribution in [-0.2, 0) is 18.0 Å². The number of carbonyl (C=O) groups excluding carboxylic acids is 1. The van der Waals surface area contributed by atoms with Crippen LogP contribution in [0.4, 0.5) is 5.69 Å². The van der Waals surface area contributed by atoms with Crippen molar-refractivity contribution in [2.75, 3.05) is 5.32 Å². The molecule has 5 heteroatoms. The first-order valence-electron chi connectivity index (χ1n) is 10.3. The van der Waals surface area contributed by atoms with Crippen LogP contribution in [0.1, 0.15) is 47.8 Å². The van der Waals surface area contributed by atoms with E-state index in [1.165, 1.54) is 0 Å². The molecule has 0 spiro atoms. The number of aromatic nitrogens is 1. The summed E-state index contributed by atoms with van der Waals surface area (Å²) in [7, 11) is 0. The molecule has 0 radical (unpaired) electrons. The van der Waals surface area contributed by atoms with Crippen molar-refractivity contribution in [2.45, 2.75) is 33.9 Å². The van der Waals surface area contributed by atoms with E-state index < -0.39 is 0 Å². The number of hydrogen-bond donors (Lipinski definition) is 2. The smallest absolute Gasteiger partial charge is 0.276 e. The monoisotopic (exact) mass is 415 g/mol. The van der Waals surface area contributed by atoms with Gasteiger partial charge in [-0.1, -0.05) is 69.3 Å². The molecule has 0 saturated carbocycles. The number of pyridine rings is 1. The van der Waals surface area contributed by atoms with Gasteiger partial charge in [0.15, 0.2) is 0 Å². The Labute approximate surface area is 184 Å². The maximum absolute atomic E-state index is 12.7. The summed E-state index contributed by atoms with van der Waals surface area (Å²) in [6.07, 6.45) is 7.75. The molecule has 160 valence electrons. The van der Waals surface area contributed by atoms with Crippen molar-refractivity contribution in [2.24, 2.45) is 5.41 Å². The fraction of sp³-hybridized carbons (Fsp3) is 0.231. The lowest BCUT2D eigenvalue weighted by atomic mass is 9.94. The number of amides is 1. The summed E-state index contributed by atoms with van der Waals surface area (Å²) in [6, 6.07) is 19.2. The lowest BCUT2D eigenvalue weighted by molar-refractivity contribution is 0.0233. The molecule has 0 aliphatic heterocycles. The van der Waals surface area contributed by atoms with E-state index in [0.717, 1.165) is 22.4 Å². The van der Waals surface area contributed by atoms with Crippen molar-refractivity contribution in [1.82, 2.24) is 10.5 Å². The van der Waals surface area contributed by atoms with Gasteiger partial charge >= 0.3 is 0 Å². The SMILES string of the molecule is CC(C)(C)C=Cc1ccccc1CONC(=O)c1ccccc1NCc1ccncc1.